The smallest absolute Gasteiger partial charge is 0.162 e. The first-order chi connectivity index (χ1) is 8.16. The Hall–Kier alpha value is -1.00. The third-order valence-corrected chi connectivity index (χ3v) is 5.32. The predicted octanol–water partition coefficient (Wildman–Crippen LogP) is 4.89. The molecule has 0 unspecified atom stereocenters. The molecule has 0 fully saturated rings. The minimum Gasteiger partial charge on any atom is -0.204 e. The van der Waals surface area contributed by atoms with Crippen LogP contribution in [0, 0.1) is 18.6 Å². The van der Waals surface area contributed by atoms with Gasteiger partial charge >= 0.3 is 0 Å². The van der Waals surface area contributed by atoms with Gasteiger partial charge in [0.15, 0.2) is 11.6 Å². The van der Waals surface area contributed by atoms with Gasteiger partial charge < -0.3 is 0 Å². The molecule has 4 heteroatoms. The molecule has 0 atom stereocenters. The van der Waals surface area contributed by atoms with Gasteiger partial charge in [-0.05, 0) is 25.1 Å². The van der Waals surface area contributed by atoms with Crippen molar-refractivity contribution in [3.8, 4) is 0 Å². The van der Waals surface area contributed by atoms with Crippen LogP contribution in [0.4, 0.5) is 8.78 Å². The van der Waals surface area contributed by atoms with E-state index in [4.69, 9.17) is 0 Å². The third-order valence-electron chi connectivity index (χ3n) is 2.64. The number of benzene rings is 2. The summed E-state index contributed by atoms with van der Waals surface area (Å²) in [6.07, 6.45) is 0. The molecule has 17 heavy (non-hydrogen) atoms. The summed E-state index contributed by atoms with van der Waals surface area (Å²) < 4.78 is 26.8. The van der Waals surface area contributed by atoms with Crippen LogP contribution in [-0.2, 0) is 0 Å². The van der Waals surface area contributed by atoms with Crippen LogP contribution in [0.15, 0.2) is 49.9 Å². The summed E-state index contributed by atoms with van der Waals surface area (Å²) in [4.78, 5) is 3.81. The number of fused-ring (bicyclic) bond motifs is 2. The van der Waals surface area contributed by atoms with Gasteiger partial charge in [-0.15, -0.1) is 0 Å². The molecule has 2 aromatic carbocycles. The molecular formula is C13H8F2S2. The fourth-order valence-electron chi connectivity index (χ4n) is 1.76. The van der Waals surface area contributed by atoms with Crippen LogP contribution in [0.5, 0.6) is 0 Å². The maximum absolute atomic E-state index is 13.5. The Morgan fingerprint density at radius 3 is 2.29 bits per heavy atom. The topological polar surface area (TPSA) is 0 Å². The Kier molecular flexibility index (Phi) is 2.64. The van der Waals surface area contributed by atoms with E-state index in [-0.39, 0.29) is 0 Å². The molecule has 1 aliphatic heterocycles. The van der Waals surface area contributed by atoms with Gasteiger partial charge in [-0.2, -0.15) is 0 Å². The molecule has 1 heterocycles. The Bertz CT molecular complexity index is 609. The van der Waals surface area contributed by atoms with Gasteiger partial charge in [0.25, 0.3) is 0 Å². The first kappa shape index (κ1) is 11.1. The summed E-state index contributed by atoms with van der Waals surface area (Å²) in [6.45, 7) is 1.62. The van der Waals surface area contributed by atoms with E-state index < -0.39 is 11.6 Å². The summed E-state index contributed by atoms with van der Waals surface area (Å²) in [7, 11) is 0. The van der Waals surface area contributed by atoms with Crippen molar-refractivity contribution < 1.29 is 8.78 Å². The fraction of sp³-hybridized carbons (Fsp3) is 0.0769. The minimum atomic E-state index is -0.770. The molecule has 0 aromatic heterocycles. The lowest BCUT2D eigenvalue weighted by molar-refractivity contribution is 0.495. The molecular weight excluding hydrogens is 258 g/mol. The molecule has 86 valence electrons. The lowest BCUT2D eigenvalue weighted by Crippen LogP contribution is -1.98. The van der Waals surface area contributed by atoms with E-state index in [2.05, 4.69) is 0 Å². The standard InChI is InChI=1S/C13H8F2S2/c1-7-12(15)8(14)6-11-13(7)17-10-5-3-2-4-9(10)16-11/h2-6H,1H3. The van der Waals surface area contributed by atoms with E-state index in [0.717, 1.165) is 19.6 Å². The lowest BCUT2D eigenvalue weighted by atomic mass is 10.2. The van der Waals surface area contributed by atoms with E-state index in [0.29, 0.717) is 5.56 Å². The zero-order valence-corrected chi connectivity index (χ0v) is 10.6. The number of halogens is 2. The molecule has 0 bridgehead atoms. The van der Waals surface area contributed by atoms with Crippen LogP contribution in [0.1, 0.15) is 5.56 Å². The van der Waals surface area contributed by atoms with Crippen LogP contribution in [0.25, 0.3) is 0 Å². The van der Waals surface area contributed by atoms with E-state index >= 15 is 0 Å². The van der Waals surface area contributed by atoms with Gasteiger partial charge in [-0.1, -0.05) is 35.7 Å². The van der Waals surface area contributed by atoms with Gasteiger partial charge in [-0.3, -0.25) is 0 Å². The van der Waals surface area contributed by atoms with E-state index in [1.165, 1.54) is 29.6 Å². The molecule has 0 radical (unpaired) electrons. The lowest BCUT2D eigenvalue weighted by Gasteiger charge is -2.20. The summed E-state index contributed by atoms with van der Waals surface area (Å²) in [5.41, 5.74) is 0.395. The molecule has 2 aromatic rings. The summed E-state index contributed by atoms with van der Waals surface area (Å²) in [6, 6.07) is 9.17. The Balaban J connectivity index is 2.18. The van der Waals surface area contributed by atoms with Gasteiger partial charge in [0.2, 0.25) is 0 Å². The monoisotopic (exact) mass is 266 g/mol. The molecule has 3 rings (SSSR count). The van der Waals surface area contributed by atoms with Crippen molar-refractivity contribution >= 4 is 23.5 Å². The molecule has 0 saturated carbocycles. The SMILES string of the molecule is Cc1c(F)c(F)cc2c1Sc1ccccc1S2. The second-order valence-corrected chi connectivity index (χ2v) is 5.91. The molecule has 1 aliphatic rings. The van der Waals surface area contributed by atoms with E-state index in [1.54, 1.807) is 6.92 Å². The maximum Gasteiger partial charge on any atom is 0.162 e. The first-order valence-electron chi connectivity index (χ1n) is 5.10. The highest BCUT2D eigenvalue weighted by Crippen LogP contribution is 2.50. The highest BCUT2D eigenvalue weighted by Gasteiger charge is 2.22. The zero-order valence-electron chi connectivity index (χ0n) is 8.96. The second kappa shape index (κ2) is 4.03. The van der Waals surface area contributed by atoms with Crippen LogP contribution >= 0.6 is 23.5 Å². The Labute approximate surface area is 106 Å². The first-order valence-corrected chi connectivity index (χ1v) is 6.73. The van der Waals surface area contributed by atoms with Crippen molar-refractivity contribution in [1.82, 2.24) is 0 Å². The predicted molar refractivity (Wildman–Crippen MR) is 65.8 cm³/mol. The number of hydrogen-bond acceptors (Lipinski definition) is 2. The van der Waals surface area contributed by atoms with Crippen molar-refractivity contribution in [3.05, 3.63) is 47.5 Å². The fourth-order valence-corrected chi connectivity index (χ4v) is 4.16. The molecule has 0 saturated heterocycles. The third kappa shape index (κ3) is 1.76. The Morgan fingerprint density at radius 1 is 0.941 bits per heavy atom. The second-order valence-electron chi connectivity index (χ2n) is 3.78. The summed E-state index contributed by atoms with van der Waals surface area (Å²) >= 11 is 3.00. The van der Waals surface area contributed by atoms with Gasteiger partial charge in [-0.25, -0.2) is 8.78 Å². The van der Waals surface area contributed by atoms with Crippen molar-refractivity contribution in [1.29, 1.82) is 0 Å². The average molecular weight is 266 g/mol. The van der Waals surface area contributed by atoms with Crippen LogP contribution < -0.4 is 0 Å². The number of hydrogen-bond donors (Lipinski definition) is 0. The molecule has 0 nitrogen and oxygen atoms in total. The van der Waals surface area contributed by atoms with Crippen LogP contribution in [0.2, 0.25) is 0 Å². The van der Waals surface area contributed by atoms with Gasteiger partial charge in [0.1, 0.15) is 0 Å². The van der Waals surface area contributed by atoms with Crippen molar-refractivity contribution in [2.45, 2.75) is 26.5 Å². The molecule has 0 spiro atoms. The minimum absolute atomic E-state index is 0.395. The molecule has 0 amide bonds. The van der Waals surface area contributed by atoms with Gasteiger partial charge in [0, 0.05) is 25.1 Å². The van der Waals surface area contributed by atoms with E-state index in [1.807, 2.05) is 24.3 Å². The van der Waals surface area contributed by atoms with Crippen molar-refractivity contribution in [3.63, 3.8) is 0 Å². The zero-order chi connectivity index (χ0) is 12.0. The largest absolute Gasteiger partial charge is 0.204 e. The van der Waals surface area contributed by atoms with Crippen molar-refractivity contribution in [2.75, 3.05) is 0 Å². The molecule has 0 aliphatic carbocycles. The average Bonchev–Trinajstić information content (AvgIpc) is 2.34. The Morgan fingerprint density at radius 2 is 1.59 bits per heavy atom. The highest BCUT2D eigenvalue weighted by atomic mass is 32.2. The van der Waals surface area contributed by atoms with Gasteiger partial charge in [0.05, 0.1) is 0 Å². The van der Waals surface area contributed by atoms with Crippen LogP contribution in [-0.4, -0.2) is 0 Å². The summed E-state index contributed by atoms with van der Waals surface area (Å²) in [5.74, 6) is -1.51. The quantitative estimate of drug-likeness (QED) is 0.568. The maximum atomic E-state index is 13.5. The van der Waals surface area contributed by atoms with Crippen LogP contribution in [0.3, 0.4) is 0 Å². The highest BCUT2D eigenvalue weighted by molar-refractivity contribution is 8.05. The normalized spacial score (nSPS) is 13.1. The van der Waals surface area contributed by atoms with E-state index in [9.17, 15) is 8.78 Å². The van der Waals surface area contributed by atoms with Crippen molar-refractivity contribution in [2.24, 2.45) is 0 Å². The number of rotatable bonds is 0. The molecule has 0 N–H and O–H groups in total. The summed E-state index contributed by atoms with van der Waals surface area (Å²) in [5, 5.41) is 0.